The third-order valence-corrected chi connectivity index (χ3v) is 4.24. The van der Waals surface area contributed by atoms with Crippen LogP contribution in [0.4, 0.5) is 5.69 Å². The summed E-state index contributed by atoms with van der Waals surface area (Å²) in [4.78, 5) is 24.4. The van der Waals surface area contributed by atoms with Crippen molar-refractivity contribution in [2.24, 2.45) is 0 Å². The van der Waals surface area contributed by atoms with Crippen LogP contribution in [0.25, 0.3) is 16.5 Å². The SMILES string of the molecule is CCOC(=O)/C(C=O)=C(\c1cccc(C#N)c1)c1oc2ccccc2c1NC. The molecule has 6 heteroatoms. The Morgan fingerprint density at radius 2 is 2.04 bits per heavy atom. The molecular weight excluding hydrogens is 356 g/mol. The zero-order valence-electron chi connectivity index (χ0n) is 15.5. The lowest BCUT2D eigenvalue weighted by Crippen LogP contribution is -2.12. The molecule has 1 aromatic heterocycles. The Balaban J connectivity index is 2.39. The highest BCUT2D eigenvalue weighted by molar-refractivity contribution is 6.18. The maximum absolute atomic E-state index is 12.5. The zero-order chi connectivity index (χ0) is 20.1. The average molecular weight is 374 g/mol. The molecule has 2 aromatic carbocycles. The molecule has 6 nitrogen and oxygen atoms in total. The molecule has 0 bridgehead atoms. The number of para-hydroxylation sites is 1. The lowest BCUT2D eigenvalue weighted by molar-refractivity contribution is -0.139. The van der Waals surface area contributed by atoms with E-state index in [2.05, 4.69) is 11.4 Å². The smallest absolute Gasteiger partial charge is 0.342 e. The van der Waals surface area contributed by atoms with Crippen molar-refractivity contribution in [2.75, 3.05) is 19.0 Å². The Kier molecular flexibility index (Phi) is 5.56. The lowest BCUT2D eigenvalue weighted by Gasteiger charge is -2.12. The van der Waals surface area contributed by atoms with Crippen LogP contribution < -0.4 is 5.32 Å². The highest BCUT2D eigenvalue weighted by Gasteiger charge is 2.26. The maximum atomic E-state index is 12.5. The first kappa shape index (κ1) is 18.9. The molecule has 0 aliphatic rings. The van der Waals surface area contributed by atoms with Crippen molar-refractivity contribution in [1.29, 1.82) is 5.26 Å². The second-order valence-corrected chi connectivity index (χ2v) is 5.87. The topological polar surface area (TPSA) is 92.3 Å². The van der Waals surface area contributed by atoms with Crippen LogP contribution >= 0.6 is 0 Å². The lowest BCUT2D eigenvalue weighted by atomic mass is 9.95. The van der Waals surface area contributed by atoms with E-state index in [-0.39, 0.29) is 17.8 Å². The van der Waals surface area contributed by atoms with Crippen molar-refractivity contribution in [2.45, 2.75) is 6.92 Å². The number of carbonyl (C=O) groups excluding carboxylic acids is 2. The molecular formula is C22H18N2O4. The van der Waals surface area contributed by atoms with Gasteiger partial charge in [0.1, 0.15) is 11.2 Å². The van der Waals surface area contributed by atoms with E-state index in [1.165, 1.54) is 0 Å². The normalized spacial score (nSPS) is 11.5. The molecule has 140 valence electrons. The number of nitrogens with one attached hydrogen (secondary N) is 1. The summed E-state index contributed by atoms with van der Waals surface area (Å²) in [6.45, 7) is 1.79. The Bertz CT molecular complexity index is 1120. The standard InChI is InChI=1S/C22H18N2O4/c1-3-27-22(26)17(13-25)19(15-8-6-7-14(11-15)12-23)21-20(24-2)16-9-4-5-10-18(16)28-21/h4-11,13,24H,3H2,1-2H3/b19-17+. The molecule has 3 aromatic rings. The van der Waals surface area contributed by atoms with E-state index >= 15 is 0 Å². The highest BCUT2D eigenvalue weighted by atomic mass is 16.5. The summed E-state index contributed by atoms with van der Waals surface area (Å²) in [5.74, 6) is -0.425. The molecule has 0 aliphatic carbocycles. The fraction of sp³-hybridized carbons (Fsp3) is 0.136. The third-order valence-electron chi connectivity index (χ3n) is 4.24. The van der Waals surface area contributed by atoms with Gasteiger partial charge in [-0.05, 0) is 36.8 Å². The summed E-state index contributed by atoms with van der Waals surface area (Å²) in [5, 5.41) is 13.2. The minimum atomic E-state index is -0.752. The monoisotopic (exact) mass is 374 g/mol. The predicted octanol–water partition coefficient (Wildman–Crippen LogP) is 3.91. The summed E-state index contributed by atoms with van der Waals surface area (Å²) in [6.07, 6.45) is 0.457. The number of anilines is 1. The first-order chi connectivity index (χ1) is 13.6. The van der Waals surface area contributed by atoms with Gasteiger partial charge >= 0.3 is 5.97 Å². The molecule has 0 unspecified atom stereocenters. The molecule has 0 atom stereocenters. The van der Waals surface area contributed by atoms with Crippen LogP contribution in [0, 0.1) is 11.3 Å². The summed E-state index contributed by atoms with van der Waals surface area (Å²) in [7, 11) is 1.73. The van der Waals surface area contributed by atoms with Gasteiger partial charge in [0, 0.05) is 18.0 Å². The average Bonchev–Trinajstić information content (AvgIpc) is 3.09. The molecule has 0 aliphatic heterocycles. The van der Waals surface area contributed by atoms with E-state index in [9.17, 15) is 14.9 Å². The second-order valence-electron chi connectivity index (χ2n) is 5.87. The molecule has 1 heterocycles. The number of aldehydes is 1. The number of nitriles is 1. The van der Waals surface area contributed by atoms with E-state index in [0.29, 0.717) is 34.4 Å². The van der Waals surface area contributed by atoms with E-state index in [0.717, 1.165) is 5.39 Å². The molecule has 0 saturated heterocycles. The number of hydrogen-bond donors (Lipinski definition) is 1. The van der Waals surface area contributed by atoms with Crippen LogP contribution in [0.3, 0.4) is 0 Å². The van der Waals surface area contributed by atoms with E-state index < -0.39 is 5.97 Å². The summed E-state index contributed by atoms with van der Waals surface area (Å²) < 4.78 is 11.1. The van der Waals surface area contributed by atoms with Gasteiger partial charge in [0.2, 0.25) is 0 Å². The molecule has 28 heavy (non-hydrogen) atoms. The quantitative estimate of drug-likeness (QED) is 0.231. The number of carbonyl (C=O) groups is 2. The van der Waals surface area contributed by atoms with Gasteiger partial charge in [0.15, 0.2) is 12.0 Å². The van der Waals surface area contributed by atoms with E-state index in [4.69, 9.17) is 9.15 Å². The molecule has 3 rings (SSSR count). The van der Waals surface area contributed by atoms with Gasteiger partial charge in [-0.25, -0.2) is 4.79 Å². The largest absolute Gasteiger partial charge is 0.462 e. The number of benzene rings is 2. The first-order valence-electron chi connectivity index (χ1n) is 8.71. The van der Waals surface area contributed by atoms with Crippen molar-refractivity contribution >= 4 is 34.5 Å². The van der Waals surface area contributed by atoms with Crippen molar-refractivity contribution in [3.05, 3.63) is 71.0 Å². The maximum Gasteiger partial charge on any atom is 0.342 e. The number of hydrogen-bond acceptors (Lipinski definition) is 6. The van der Waals surface area contributed by atoms with Crippen molar-refractivity contribution < 1.29 is 18.7 Å². The molecule has 0 saturated carbocycles. The number of ether oxygens (including phenoxy) is 1. The Labute approximate surface area is 162 Å². The van der Waals surface area contributed by atoms with Gasteiger partial charge < -0.3 is 14.5 Å². The predicted molar refractivity (Wildman–Crippen MR) is 106 cm³/mol. The second kappa shape index (κ2) is 8.23. The van der Waals surface area contributed by atoms with Gasteiger partial charge in [0.25, 0.3) is 0 Å². The van der Waals surface area contributed by atoms with Crippen LogP contribution in [0.1, 0.15) is 23.8 Å². The van der Waals surface area contributed by atoms with Gasteiger partial charge in [-0.1, -0.05) is 24.3 Å². The summed E-state index contributed by atoms with van der Waals surface area (Å²) in [6, 6.07) is 16.1. The number of nitrogens with zero attached hydrogens (tertiary/aromatic N) is 1. The van der Waals surface area contributed by atoms with Crippen LogP contribution in [0.2, 0.25) is 0 Å². The van der Waals surface area contributed by atoms with Crippen molar-refractivity contribution in [1.82, 2.24) is 0 Å². The molecule has 0 spiro atoms. The fourth-order valence-electron chi connectivity index (χ4n) is 3.04. The van der Waals surface area contributed by atoms with Gasteiger partial charge in [-0.3, -0.25) is 4.79 Å². The van der Waals surface area contributed by atoms with Gasteiger partial charge in [-0.2, -0.15) is 5.26 Å². The number of esters is 1. The molecule has 0 amide bonds. The molecule has 0 fully saturated rings. The fourth-order valence-corrected chi connectivity index (χ4v) is 3.04. The van der Waals surface area contributed by atoms with Gasteiger partial charge in [0.05, 0.1) is 23.9 Å². The summed E-state index contributed by atoms with van der Waals surface area (Å²) in [5.41, 5.74) is 2.23. The minimum absolute atomic E-state index is 0.126. The van der Waals surface area contributed by atoms with Crippen molar-refractivity contribution in [3.63, 3.8) is 0 Å². The van der Waals surface area contributed by atoms with Crippen LogP contribution in [-0.2, 0) is 14.3 Å². The van der Waals surface area contributed by atoms with E-state index in [1.54, 1.807) is 44.3 Å². The zero-order valence-corrected chi connectivity index (χ0v) is 15.5. The minimum Gasteiger partial charge on any atom is -0.462 e. The molecule has 0 radical (unpaired) electrons. The van der Waals surface area contributed by atoms with Crippen molar-refractivity contribution in [3.8, 4) is 6.07 Å². The summed E-state index contributed by atoms with van der Waals surface area (Å²) >= 11 is 0. The molecule has 1 N–H and O–H groups in total. The van der Waals surface area contributed by atoms with Gasteiger partial charge in [-0.15, -0.1) is 0 Å². The number of fused-ring (bicyclic) bond motifs is 1. The highest BCUT2D eigenvalue weighted by Crippen LogP contribution is 2.39. The number of rotatable bonds is 6. The van der Waals surface area contributed by atoms with Crippen LogP contribution in [0.5, 0.6) is 0 Å². The Morgan fingerprint density at radius 1 is 1.25 bits per heavy atom. The Hall–Kier alpha value is -3.85. The Morgan fingerprint density at radius 3 is 2.71 bits per heavy atom. The first-order valence-corrected chi connectivity index (χ1v) is 8.71. The van der Waals surface area contributed by atoms with E-state index in [1.807, 2.05) is 18.2 Å². The number of furan rings is 1. The van der Waals surface area contributed by atoms with Crippen LogP contribution in [-0.4, -0.2) is 25.9 Å². The third kappa shape index (κ3) is 3.38. The van der Waals surface area contributed by atoms with Crippen LogP contribution in [0.15, 0.2) is 58.5 Å².